The van der Waals surface area contributed by atoms with Crippen molar-refractivity contribution in [2.24, 2.45) is 5.73 Å². The minimum absolute atomic E-state index is 0.0559. The molecule has 1 rings (SSSR count). The van der Waals surface area contributed by atoms with Gasteiger partial charge in [-0.25, -0.2) is 0 Å². The number of unbranched alkanes of at least 4 members (excludes halogenated alkanes) is 1. The molecule has 18 heavy (non-hydrogen) atoms. The second-order valence-corrected chi connectivity index (χ2v) is 5.55. The lowest BCUT2D eigenvalue weighted by molar-refractivity contribution is -0.123. The highest BCUT2D eigenvalue weighted by molar-refractivity contribution is 5.78. The molecule has 0 heterocycles. The summed E-state index contributed by atoms with van der Waals surface area (Å²) >= 11 is 0. The van der Waals surface area contributed by atoms with Gasteiger partial charge in [-0.1, -0.05) is 32.6 Å². The Hall–Kier alpha value is -0.610. The van der Waals surface area contributed by atoms with E-state index < -0.39 is 0 Å². The Morgan fingerprint density at radius 2 is 2.00 bits per heavy atom. The number of carbonyl (C=O) groups is 1. The molecule has 0 aliphatic heterocycles. The number of rotatable bonds is 7. The predicted molar refractivity (Wildman–Crippen MR) is 75.4 cm³/mol. The normalized spacial score (nSPS) is 18.9. The van der Waals surface area contributed by atoms with Crippen molar-refractivity contribution in [1.82, 2.24) is 10.2 Å². The largest absolute Gasteiger partial charge is 0.355 e. The van der Waals surface area contributed by atoms with Gasteiger partial charge in [-0.05, 0) is 26.3 Å². The monoisotopic (exact) mass is 255 g/mol. The molecule has 0 atom stereocenters. The fourth-order valence-corrected chi connectivity index (χ4v) is 2.80. The zero-order valence-corrected chi connectivity index (χ0v) is 12.0. The molecule has 0 unspecified atom stereocenters. The van der Waals surface area contributed by atoms with Crippen LogP contribution in [0.4, 0.5) is 0 Å². The summed E-state index contributed by atoms with van der Waals surface area (Å²) in [6.45, 7) is 4.05. The van der Waals surface area contributed by atoms with Gasteiger partial charge in [0.05, 0.1) is 6.54 Å². The fourth-order valence-electron chi connectivity index (χ4n) is 2.80. The van der Waals surface area contributed by atoms with Crippen LogP contribution >= 0.6 is 0 Å². The van der Waals surface area contributed by atoms with Gasteiger partial charge in [-0.2, -0.15) is 0 Å². The number of likely N-dealkylation sites (N-methyl/N-ethyl adjacent to an activating group) is 1. The summed E-state index contributed by atoms with van der Waals surface area (Å²) in [6, 6.07) is 0. The first kappa shape index (κ1) is 15.4. The number of hydrogen-bond acceptors (Lipinski definition) is 3. The maximum Gasteiger partial charge on any atom is 0.234 e. The van der Waals surface area contributed by atoms with Crippen molar-refractivity contribution >= 4 is 5.91 Å². The second-order valence-electron chi connectivity index (χ2n) is 5.55. The zero-order valence-electron chi connectivity index (χ0n) is 12.0. The molecule has 1 aliphatic rings. The molecular formula is C14H29N3O. The third-order valence-electron chi connectivity index (χ3n) is 4.21. The van der Waals surface area contributed by atoms with Crippen LogP contribution in [0.5, 0.6) is 0 Å². The number of nitrogens with one attached hydrogen (secondary N) is 1. The molecule has 0 aromatic carbocycles. The van der Waals surface area contributed by atoms with Crippen LogP contribution in [0.3, 0.4) is 0 Å². The lowest BCUT2D eigenvalue weighted by Gasteiger charge is -2.43. The molecule has 0 saturated heterocycles. The molecule has 0 bridgehead atoms. The summed E-state index contributed by atoms with van der Waals surface area (Å²) < 4.78 is 0. The average molecular weight is 255 g/mol. The lowest BCUT2D eigenvalue weighted by atomic mass is 9.80. The van der Waals surface area contributed by atoms with E-state index in [9.17, 15) is 4.79 Å². The molecule has 106 valence electrons. The molecular weight excluding hydrogens is 226 g/mol. The van der Waals surface area contributed by atoms with Gasteiger partial charge in [-0.15, -0.1) is 0 Å². The summed E-state index contributed by atoms with van der Waals surface area (Å²) in [4.78, 5) is 14.0. The zero-order chi connectivity index (χ0) is 13.4. The summed E-state index contributed by atoms with van der Waals surface area (Å²) in [5.41, 5.74) is 6.02. The standard InChI is InChI=1S/C14H29N3O/c1-3-4-10-16-13(18)11-17(2)14(12-15)8-6-5-7-9-14/h3-12,15H2,1-2H3,(H,16,18). The predicted octanol–water partition coefficient (Wildman–Crippen LogP) is 1.50. The highest BCUT2D eigenvalue weighted by atomic mass is 16.2. The first-order chi connectivity index (χ1) is 8.64. The van der Waals surface area contributed by atoms with Gasteiger partial charge in [-0.3, -0.25) is 9.69 Å². The quantitative estimate of drug-likeness (QED) is 0.678. The number of amides is 1. The van der Waals surface area contributed by atoms with Crippen molar-refractivity contribution < 1.29 is 4.79 Å². The maximum atomic E-state index is 11.8. The third-order valence-corrected chi connectivity index (χ3v) is 4.21. The average Bonchev–Trinajstić information content (AvgIpc) is 2.39. The van der Waals surface area contributed by atoms with Crippen molar-refractivity contribution in [1.29, 1.82) is 0 Å². The van der Waals surface area contributed by atoms with Crippen molar-refractivity contribution in [3.8, 4) is 0 Å². The van der Waals surface area contributed by atoms with Crippen LogP contribution in [-0.2, 0) is 4.79 Å². The minimum atomic E-state index is 0.0559. The molecule has 4 heteroatoms. The van der Waals surface area contributed by atoms with E-state index in [1.165, 1.54) is 19.3 Å². The van der Waals surface area contributed by atoms with Crippen LogP contribution < -0.4 is 11.1 Å². The van der Waals surface area contributed by atoms with Gasteiger partial charge in [0.25, 0.3) is 0 Å². The van der Waals surface area contributed by atoms with Crippen molar-refractivity contribution in [2.45, 2.75) is 57.4 Å². The molecule has 0 aromatic rings. The van der Waals surface area contributed by atoms with E-state index in [4.69, 9.17) is 5.73 Å². The van der Waals surface area contributed by atoms with Crippen LogP contribution in [0.1, 0.15) is 51.9 Å². The molecule has 0 radical (unpaired) electrons. The van der Waals surface area contributed by atoms with Gasteiger partial charge in [0.15, 0.2) is 0 Å². The number of carbonyl (C=O) groups excluding carboxylic acids is 1. The van der Waals surface area contributed by atoms with E-state index in [0.717, 1.165) is 32.2 Å². The number of nitrogens with zero attached hydrogens (tertiary/aromatic N) is 1. The Labute approximate surface area is 111 Å². The Balaban J connectivity index is 2.41. The van der Waals surface area contributed by atoms with E-state index in [1.807, 2.05) is 7.05 Å². The topological polar surface area (TPSA) is 58.4 Å². The Morgan fingerprint density at radius 1 is 1.33 bits per heavy atom. The van der Waals surface area contributed by atoms with E-state index >= 15 is 0 Å². The number of hydrogen-bond donors (Lipinski definition) is 2. The van der Waals surface area contributed by atoms with Crippen LogP contribution in [0.2, 0.25) is 0 Å². The second kappa shape index (κ2) is 7.74. The fraction of sp³-hybridized carbons (Fsp3) is 0.929. The Morgan fingerprint density at radius 3 is 2.56 bits per heavy atom. The maximum absolute atomic E-state index is 11.8. The number of nitrogens with two attached hydrogens (primary N) is 1. The molecule has 1 amide bonds. The van der Waals surface area contributed by atoms with E-state index in [0.29, 0.717) is 13.1 Å². The van der Waals surface area contributed by atoms with Crippen LogP contribution in [-0.4, -0.2) is 43.0 Å². The summed E-state index contributed by atoms with van der Waals surface area (Å²) in [6.07, 6.45) is 8.20. The molecule has 0 spiro atoms. The molecule has 4 nitrogen and oxygen atoms in total. The highest BCUT2D eigenvalue weighted by Gasteiger charge is 2.35. The molecule has 1 fully saturated rings. The van der Waals surface area contributed by atoms with Crippen molar-refractivity contribution in [3.05, 3.63) is 0 Å². The van der Waals surface area contributed by atoms with Crippen molar-refractivity contribution in [3.63, 3.8) is 0 Å². The first-order valence-electron chi connectivity index (χ1n) is 7.32. The van der Waals surface area contributed by atoms with Gasteiger partial charge >= 0.3 is 0 Å². The molecule has 3 N–H and O–H groups in total. The Kier molecular flexibility index (Phi) is 6.65. The van der Waals surface area contributed by atoms with Gasteiger partial charge in [0, 0.05) is 18.6 Å². The van der Waals surface area contributed by atoms with E-state index in [1.54, 1.807) is 0 Å². The summed E-state index contributed by atoms with van der Waals surface area (Å²) in [7, 11) is 2.04. The van der Waals surface area contributed by atoms with Gasteiger partial charge < -0.3 is 11.1 Å². The summed E-state index contributed by atoms with van der Waals surface area (Å²) in [5.74, 6) is 0.129. The van der Waals surface area contributed by atoms with Gasteiger partial charge in [0.2, 0.25) is 5.91 Å². The van der Waals surface area contributed by atoms with Crippen LogP contribution in [0.25, 0.3) is 0 Å². The SMILES string of the molecule is CCCCNC(=O)CN(C)C1(CN)CCCCC1. The highest BCUT2D eigenvalue weighted by Crippen LogP contribution is 2.31. The van der Waals surface area contributed by atoms with Gasteiger partial charge in [0.1, 0.15) is 0 Å². The van der Waals surface area contributed by atoms with E-state index in [-0.39, 0.29) is 11.4 Å². The van der Waals surface area contributed by atoms with Crippen LogP contribution in [0.15, 0.2) is 0 Å². The minimum Gasteiger partial charge on any atom is -0.355 e. The van der Waals surface area contributed by atoms with Crippen molar-refractivity contribution in [2.75, 3.05) is 26.7 Å². The molecule has 1 saturated carbocycles. The Bertz CT molecular complexity index is 249. The smallest absolute Gasteiger partial charge is 0.234 e. The molecule has 0 aromatic heterocycles. The molecule has 1 aliphatic carbocycles. The summed E-state index contributed by atoms with van der Waals surface area (Å²) in [5, 5.41) is 2.97. The lowest BCUT2D eigenvalue weighted by Crippen LogP contribution is -2.55. The third kappa shape index (κ3) is 4.25. The van der Waals surface area contributed by atoms with E-state index in [2.05, 4.69) is 17.1 Å². The first-order valence-corrected chi connectivity index (χ1v) is 7.32. The van der Waals surface area contributed by atoms with Crippen LogP contribution in [0, 0.1) is 0 Å².